The van der Waals surface area contributed by atoms with Crippen molar-refractivity contribution in [2.45, 2.75) is 69.8 Å². The lowest BCUT2D eigenvalue weighted by Crippen LogP contribution is -2.50. The Morgan fingerprint density at radius 2 is 1.25 bits per heavy atom. The number of benzene rings is 4. The van der Waals surface area contributed by atoms with Gasteiger partial charge >= 0.3 is 12.2 Å². The predicted molar refractivity (Wildman–Crippen MR) is 240 cm³/mol. The summed E-state index contributed by atoms with van der Waals surface area (Å²) in [6.07, 6.45) is 5.05. The van der Waals surface area contributed by atoms with Crippen LogP contribution in [0, 0.1) is 0 Å². The molecule has 4 amide bonds. The molecular formula is C49H52N8O7. The number of nitrogens with zero attached hydrogens (tertiary/aromatic N) is 5. The second-order valence-electron chi connectivity index (χ2n) is 16.3. The number of nitrogens with one attached hydrogen (secondary N) is 3. The summed E-state index contributed by atoms with van der Waals surface area (Å²) in [4.78, 5) is 72.1. The molecule has 0 unspecified atom stereocenters. The summed E-state index contributed by atoms with van der Waals surface area (Å²) in [5.74, 6) is 1.62. The van der Waals surface area contributed by atoms with Crippen LogP contribution in [0.5, 0.6) is 5.75 Å². The molecule has 0 spiro atoms. The minimum atomic E-state index is -1.17. The molecule has 0 bridgehead atoms. The van der Waals surface area contributed by atoms with Gasteiger partial charge in [-0.2, -0.15) is 0 Å². The third-order valence-corrected chi connectivity index (χ3v) is 12.2. The Hall–Kier alpha value is -7.42. The highest BCUT2D eigenvalue weighted by molar-refractivity contribution is 5.87. The molecule has 4 N–H and O–H groups in total. The Kier molecular flexibility index (Phi) is 13.1. The van der Waals surface area contributed by atoms with Crippen molar-refractivity contribution in [3.05, 3.63) is 138 Å². The van der Waals surface area contributed by atoms with E-state index in [0.717, 1.165) is 68.9 Å². The number of carbonyl (C=O) groups is 4. The molecule has 2 aromatic heterocycles. The first-order valence-electron chi connectivity index (χ1n) is 21.5. The minimum Gasteiger partial charge on any atom is -0.489 e. The zero-order valence-electron chi connectivity index (χ0n) is 36.1. The molecule has 4 atom stereocenters. The number of likely N-dealkylation sites (tertiary alicyclic amines) is 2. The number of aromatic amines is 2. The van der Waals surface area contributed by atoms with E-state index in [1.165, 1.54) is 14.2 Å². The van der Waals surface area contributed by atoms with Gasteiger partial charge in [-0.25, -0.2) is 19.6 Å². The fraction of sp³-hybridized carbons (Fsp3) is 0.306. The van der Waals surface area contributed by atoms with Crippen molar-refractivity contribution in [3.8, 4) is 39.4 Å². The van der Waals surface area contributed by atoms with E-state index in [2.05, 4.69) is 49.3 Å². The van der Waals surface area contributed by atoms with E-state index < -0.39 is 24.3 Å². The molecule has 15 nitrogen and oxygen atoms in total. The van der Waals surface area contributed by atoms with Crippen LogP contribution >= 0.6 is 0 Å². The summed E-state index contributed by atoms with van der Waals surface area (Å²) in [7, 11) is 2.71. The minimum absolute atomic E-state index is 0.182. The van der Waals surface area contributed by atoms with Crippen molar-refractivity contribution < 1.29 is 33.8 Å². The third-order valence-electron chi connectivity index (χ3n) is 12.2. The molecule has 2 aliphatic rings. The number of methoxy groups -OCH3 is 1. The Morgan fingerprint density at radius 1 is 0.734 bits per heavy atom. The maximum Gasteiger partial charge on any atom is 0.407 e. The standard InChI is InChI=1S/C49H52N8O7/c1-31(52-48(60)63-3)46(58)56-25-7-11-41(56)44-50-28-39(53-44)36-19-15-34(16-20-36)35-17-21-37(22-18-35)40-29-51-45(54-40)42-12-8-26-57(42)47(59)43(55(2)49(61)62)27-32-13-23-38(24-14-32)64-30-33-9-5-4-6-10-33/h4-6,9-10,13-24,28-29,31,41-43H,7-8,11-12,25-27,30H2,1-3H3,(H,50,53)(H,51,54)(H,52,60)(H,61,62)/t31-,41-,42-,43-/m0/s1. The van der Waals surface area contributed by atoms with Crippen molar-refractivity contribution in [2.24, 2.45) is 0 Å². The van der Waals surface area contributed by atoms with Crippen molar-refractivity contribution in [1.29, 1.82) is 0 Å². The Labute approximate surface area is 371 Å². The number of imidazole rings is 2. The molecule has 0 radical (unpaired) electrons. The highest BCUT2D eigenvalue weighted by Crippen LogP contribution is 2.35. The van der Waals surface area contributed by atoms with Crippen molar-refractivity contribution in [2.75, 3.05) is 27.2 Å². The third kappa shape index (κ3) is 9.63. The number of aromatic nitrogens is 4. The van der Waals surface area contributed by atoms with E-state index in [-0.39, 0.29) is 30.3 Å². The monoisotopic (exact) mass is 864 g/mol. The van der Waals surface area contributed by atoms with E-state index in [9.17, 15) is 24.3 Å². The van der Waals surface area contributed by atoms with E-state index in [1.807, 2.05) is 78.9 Å². The van der Waals surface area contributed by atoms with Gasteiger partial charge in [0.25, 0.3) is 0 Å². The fourth-order valence-electron chi connectivity index (χ4n) is 8.57. The number of likely N-dealkylation sites (N-methyl/N-ethyl adjacent to an activating group) is 1. The maximum absolute atomic E-state index is 14.2. The van der Waals surface area contributed by atoms with Crippen LogP contribution in [0.2, 0.25) is 0 Å². The molecule has 330 valence electrons. The number of rotatable bonds is 14. The molecule has 8 rings (SSSR count). The lowest BCUT2D eigenvalue weighted by molar-refractivity contribution is -0.137. The van der Waals surface area contributed by atoms with Gasteiger partial charge in [0, 0.05) is 26.6 Å². The van der Waals surface area contributed by atoms with Gasteiger partial charge < -0.3 is 39.7 Å². The highest BCUT2D eigenvalue weighted by Gasteiger charge is 2.39. The largest absolute Gasteiger partial charge is 0.489 e. The number of hydrogen-bond acceptors (Lipinski definition) is 8. The van der Waals surface area contributed by atoms with Gasteiger partial charge in [-0.15, -0.1) is 0 Å². The number of alkyl carbamates (subject to hydrolysis) is 1. The topological polar surface area (TPSA) is 186 Å². The Balaban J connectivity index is 0.896. The quantitative estimate of drug-likeness (QED) is 0.0842. The van der Waals surface area contributed by atoms with Crippen molar-refractivity contribution in [1.82, 2.24) is 40.0 Å². The lowest BCUT2D eigenvalue weighted by atomic mass is 10.0. The van der Waals surface area contributed by atoms with Crippen LogP contribution in [0.15, 0.2) is 116 Å². The van der Waals surface area contributed by atoms with Gasteiger partial charge in [0.05, 0.1) is 43.0 Å². The van der Waals surface area contributed by atoms with E-state index in [0.29, 0.717) is 43.5 Å². The molecule has 0 aliphatic carbocycles. The summed E-state index contributed by atoms with van der Waals surface area (Å²) in [6.45, 7) is 3.16. The second-order valence-corrected chi connectivity index (χ2v) is 16.3. The fourth-order valence-corrected chi connectivity index (χ4v) is 8.57. The molecule has 0 saturated carbocycles. The Bertz CT molecular complexity index is 2560. The second kappa shape index (κ2) is 19.3. The van der Waals surface area contributed by atoms with Crippen LogP contribution in [0.3, 0.4) is 0 Å². The number of carboxylic acid groups (broad SMARTS) is 1. The molecule has 4 aromatic carbocycles. The SMILES string of the molecule is COC(=O)N[C@@H](C)C(=O)N1CCC[C@H]1c1ncc(-c2ccc(-c3ccc(-c4cnc([C@@H]5CCCN5C(=O)[C@H](Cc5ccc(OCc6ccccc6)cc5)N(C)C(=O)O)[nH]4)cc3)cc2)[nH]1. The van der Waals surface area contributed by atoms with E-state index >= 15 is 0 Å². The van der Waals surface area contributed by atoms with E-state index in [1.54, 1.807) is 29.1 Å². The maximum atomic E-state index is 14.2. The molecule has 2 aliphatic heterocycles. The van der Waals surface area contributed by atoms with Gasteiger partial charge in [-0.1, -0.05) is 91.0 Å². The van der Waals surface area contributed by atoms with Crippen LogP contribution in [-0.4, -0.2) is 103 Å². The van der Waals surface area contributed by atoms with Crippen LogP contribution in [-0.2, 0) is 27.4 Å². The molecule has 2 saturated heterocycles. The van der Waals surface area contributed by atoms with Gasteiger partial charge in [0.2, 0.25) is 11.8 Å². The van der Waals surface area contributed by atoms with Crippen LogP contribution < -0.4 is 10.1 Å². The predicted octanol–water partition coefficient (Wildman–Crippen LogP) is 8.01. The molecule has 2 fully saturated rings. The number of ether oxygens (including phenoxy) is 2. The summed E-state index contributed by atoms with van der Waals surface area (Å²) in [5, 5.41) is 12.6. The van der Waals surface area contributed by atoms with Gasteiger partial charge in [-0.05, 0) is 78.1 Å². The average molecular weight is 865 g/mol. The lowest BCUT2D eigenvalue weighted by Gasteiger charge is -2.32. The first-order valence-corrected chi connectivity index (χ1v) is 21.5. The van der Waals surface area contributed by atoms with Crippen LogP contribution in [0.4, 0.5) is 9.59 Å². The number of carbonyl (C=O) groups excluding carboxylic acids is 3. The van der Waals surface area contributed by atoms with E-state index in [4.69, 9.17) is 9.72 Å². The first-order chi connectivity index (χ1) is 31.1. The van der Waals surface area contributed by atoms with Gasteiger partial charge in [-0.3, -0.25) is 14.5 Å². The number of hydrogen-bond donors (Lipinski definition) is 4. The van der Waals surface area contributed by atoms with Crippen LogP contribution in [0.25, 0.3) is 33.6 Å². The summed E-state index contributed by atoms with van der Waals surface area (Å²) >= 11 is 0. The number of amides is 4. The highest BCUT2D eigenvalue weighted by atomic mass is 16.5. The number of H-pyrrole nitrogens is 2. The van der Waals surface area contributed by atoms with Crippen LogP contribution in [0.1, 0.15) is 67.5 Å². The zero-order chi connectivity index (χ0) is 44.7. The first kappa shape index (κ1) is 43.2. The van der Waals surface area contributed by atoms with Crippen molar-refractivity contribution >= 4 is 24.0 Å². The molecule has 64 heavy (non-hydrogen) atoms. The zero-order valence-corrected chi connectivity index (χ0v) is 36.1. The normalized spacial score (nSPS) is 16.9. The molecule has 15 heteroatoms. The van der Waals surface area contributed by atoms with Gasteiger partial charge in [0.15, 0.2) is 0 Å². The molecular weight excluding hydrogens is 813 g/mol. The Morgan fingerprint density at radius 3 is 1.77 bits per heavy atom. The van der Waals surface area contributed by atoms with Crippen molar-refractivity contribution in [3.63, 3.8) is 0 Å². The average Bonchev–Trinajstić information content (AvgIpc) is 4.18. The molecule has 6 aromatic rings. The smallest absolute Gasteiger partial charge is 0.407 e. The molecule has 4 heterocycles. The summed E-state index contributed by atoms with van der Waals surface area (Å²) in [5.41, 5.74) is 7.50. The summed E-state index contributed by atoms with van der Waals surface area (Å²) in [6, 6.07) is 31.5. The summed E-state index contributed by atoms with van der Waals surface area (Å²) < 4.78 is 10.6. The van der Waals surface area contributed by atoms with Gasteiger partial charge in [0.1, 0.15) is 36.1 Å².